The molecule has 1 aliphatic heterocycles. The molecule has 0 atom stereocenters. The third-order valence-electron chi connectivity index (χ3n) is 4.04. The SMILES string of the molecule is CC(C)CN1CCC(C)(Nc2ccc(C#N)cc2)CC1. The molecular formula is C17H25N3. The van der Waals surface area contributed by atoms with Crippen LogP contribution >= 0.6 is 0 Å². The summed E-state index contributed by atoms with van der Waals surface area (Å²) in [6.07, 6.45) is 2.33. The van der Waals surface area contributed by atoms with Crippen LogP contribution in [0.1, 0.15) is 39.2 Å². The van der Waals surface area contributed by atoms with Crippen molar-refractivity contribution < 1.29 is 0 Å². The van der Waals surface area contributed by atoms with E-state index in [4.69, 9.17) is 5.26 Å². The van der Waals surface area contributed by atoms with E-state index in [1.54, 1.807) is 0 Å². The molecule has 0 saturated carbocycles. The minimum atomic E-state index is 0.168. The van der Waals surface area contributed by atoms with Crippen LogP contribution in [-0.4, -0.2) is 30.1 Å². The van der Waals surface area contributed by atoms with Crippen LogP contribution in [0.2, 0.25) is 0 Å². The van der Waals surface area contributed by atoms with E-state index in [9.17, 15) is 0 Å². The van der Waals surface area contributed by atoms with Gasteiger partial charge in [-0.3, -0.25) is 0 Å². The number of likely N-dealkylation sites (tertiary alicyclic amines) is 1. The van der Waals surface area contributed by atoms with Crippen molar-refractivity contribution in [2.45, 2.75) is 39.2 Å². The predicted molar refractivity (Wildman–Crippen MR) is 83.7 cm³/mol. The number of nitrogens with one attached hydrogen (secondary N) is 1. The van der Waals surface area contributed by atoms with Gasteiger partial charge in [0.15, 0.2) is 0 Å². The Labute approximate surface area is 122 Å². The molecule has 3 nitrogen and oxygen atoms in total. The maximum Gasteiger partial charge on any atom is 0.0991 e. The molecule has 1 aliphatic rings. The summed E-state index contributed by atoms with van der Waals surface area (Å²) < 4.78 is 0. The van der Waals surface area contributed by atoms with E-state index < -0.39 is 0 Å². The van der Waals surface area contributed by atoms with Crippen LogP contribution in [0.5, 0.6) is 0 Å². The molecule has 1 aromatic carbocycles. The number of rotatable bonds is 4. The molecular weight excluding hydrogens is 246 g/mol. The van der Waals surface area contributed by atoms with Gasteiger partial charge in [0, 0.05) is 30.9 Å². The topological polar surface area (TPSA) is 39.1 Å². The predicted octanol–water partition coefficient (Wildman–Crippen LogP) is 3.48. The second-order valence-electron chi connectivity index (χ2n) is 6.57. The van der Waals surface area contributed by atoms with E-state index in [0.717, 1.165) is 24.7 Å². The number of piperidine rings is 1. The van der Waals surface area contributed by atoms with E-state index in [1.165, 1.54) is 19.4 Å². The van der Waals surface area contributed by atoms with E-state index in [0.29, 0.717) is 5.56 Å². The summed E-state index contributed by atoms with van der Waals surface area (Å²) in [7, 11) is 0. The first kappa shape index (κ1) is 14.9. The summed E-state index contributed by atoms with van der Waals surface area (Å²) in [5.74, 6) is 0.742. The van der Waals surface area contributed by atoms with Gasteiger partial charge in [-0.2, -0.15) is 5.26 Å². The molecule has 1 saturated heterocycles. The van der Waals surface area contributed by atoms with E-state index >= 15 is 0 Å². The van der Waals surface area contributed by atoms with Crippen molar-refractivity contribution in [3.8, 4) is 6.07 Å². The molecule has 1 fully saturated rings. The highest BCUT2D eigenvalue weighted by atomic mass is 15.2. The molecule has 2 rings (SSSR count). The van der Waals surface area contributed by atoms with E-state index in [-0.39, 0.29) is 5.54 Å². The third-order valence-corrected chi connectivity index (χ3v) is 4.04. The fraction of sp³-hybridized carbons (Fsp3) is 0.588. The lowest BCUT2D eigenvalue weighted by Gasteiger charge is -2.41. The molecule has 0 amide bonds. The molecule has 1 aromatic rings. The lowest BCUT2D eigenvalue weighted by molar-refractivity contribution is 0.166. The van der Waals surface area contributed by atoms with Crippen LogP contribution < -0.4 is 5.32 Å². The summed E-state index contributed by atoms with van der Waals surface area (Å²) in [6.45, 7) is 10.4. The second kappa shape index (κ2) is 6.28. The summed E-state index contributed by atoms with van der Waals surface area (Å²) in [4.78, 5) is 2.56. The summed E-state index contributed by atoms with van der Waals surface area (Å²) in [6, 6.07) is 9.91. The summed E-state index contributed by atoms with van der Waals surface area (Å²) in [5.41, 5.74) is 2.00. The molecule has 3 heteroatoms. The van der Waals surface area contributed by atoms with Gasteiger partial charge in [0.05, 0.1) is 11.6 Å². The lowest BCUT2D eigenvalue weighted by Crippen LogP contribution is -2.48. The minimum absolute atomic E-state index is 0.168. The van der Waals surface area contributed by atoms with Crippen LogP contribution in [0.4, 0.5) is 5.69 Å². The Morgan fingerprint density at radius 3 is 2.35 bits per heavy atom. The Morgan fingerprint density at radius 2 is 1.85 bits per heavy atom. The number of nitriles is 1. The van der Waals surface area contributed by atoms with Gasteiger partial charge in [-0.15, -0.1) is 0 Å². The summed E-state index contributed by atoms with van der Waals surface area (Å²) in [5, 5.41) is 12.5. The van der Waals surface area contributed by atoms with Crippen LogP contribution in [0.25, 0.3) is 0 Å². The Kier molecular flexibility index (Phi) is 4.67. The molecule has 1 N–H and O–H groups in total. The van der Waals surface area contributed by atoms with Crippen LogP contribution in [0.15, 0.2) is 24.3 Å². The monoisotopic (exact) mass is 271 g/mol. The van der Waals surface area contributed by atoms with Crippen LogP contribution in [0.3, 0.4) is 0 Å². The van der Waals surface area contributed by atoms with Crippen molar-refractivity contribution in [2.24, 2.45) is 5.92 Å². The highest BCUT2D eigenvalue weighted by molar-refractivity contribution is 5.49. The molecule has 20 heavy (non-hydrogen) atoms. The zero-order valence-electron chi connectivity index (χ0n) is 12.8. The normalized spacial score (nSPS) is 18.8. The zero-order chi connectivity index (χ0) is 14.6. The largest absolute Gasteiger partial charge is 0.380 e. The Balaban J connectivity index is 1.91. The van der Waals surface area contributed by atoms with Gasteiger partial charge < -0.3 is 10.2 Å². The zero-order valence-corrected chi connectivity index (χ0v) is 12.8. The summed E-state index contributed by atoms with van der Waals surface area (Å²) >= 11 is 0. The van der Waals surface area contributed by atoms with Crippen molar-refractivity contribution in [3.05, 3.63) is 29.8 Å². The minimum Gasteiger partial charge on any atom is -0.380 e. The molecule has 0 aromatic heterocycles. The smallest absolute Gasteiger partial charge is 0.0991 e. The average molecular weight is 271 g/mol. The molecule has 0 bridgehead atoms. The molecule has 0 radical (unpaired) electrons. The van der Waals surface area contributed by atoms with Crippen molar-refractivity contribution in [1.29, 1.82) is 5.26 Å². The highest BCUT2D eigenvalue weighted by Gasteiger charge is 2.29. The van der Waals surface area contributed by atoms with Crippen molar-refractivity contribution in [3.63, 3.8) is 0 Å². The molecule has 0 spiro atoms. The molecule has 0 aliphatic carbocycles. The highest BCUT2D eigenvalue weighted by Crippen LogP contribution is 2.27. The van der Waals surface area contributed by atoms with Gasteiger partial charge in [-0.25, -0.2) is 0 Å². The molecule has 0 unspecified atom stereocenters. The number of anilines is 1. The number of hydrogen-bond acceptors (Lipinski definition) is 3. The fourth-order valence-corrected chi connectivity index (χ4v) is 2.85. The quantitative estimate of drug-likeness (QED) is 0.911. The first-order valence-electron chi connectivity index (χ1n) is 7.51. The van der Waals surface area contributed by atoms with Crippen molar-refractivity contribution in [2.75, 3.05) is 25.0 Å². The second-order valence-corrected chi connectivity index (χ2v) is 6.57. The number of nitrogens with zero attached hydrogens (tertiary/aromatic N) is 2. The first-order valence-corrected chi connectivity index (χ1v) is 7.51. The van der Waals surface area contributed by atoms with Gasteiger partial charge in [0.25, 0.3) is 0 Å². The fourth-order valence-electron chi connectivity index (χ4n) is 2.85. The van der Waals surface area contributed by atoms with Crippen molar-refractivity contribution >= 4 is 5.69 Å². The van der Waals surface area contributed by atoms with Gasteiger partial charge in [0.1, 0.15) is 0 Å². The first-order chi connectivity index (χ1) is 9.50. The Hall–Kier alpha value is -1.53. The maximum atomic E-state index is 8.83. The standard InChI is InChI=1S/C17H25N3/c1-14(2)13-20-10-8-17(3,9-11-20)19-16-6-4-15(12-18)5-7-16/h4-7,14,19H,8-11,13H2,1-3H3. The van der Waals surface area contributed by atoms with Crippen LogP contribution in [0, 0.1) is 17.2 Å². The molecule has 108 valence electrons. The van der Waals surface area contributed by atoms with Crippen LogP contribution in [-0.2, 0) is 0 Å². The third kappa shape index (κ3) is 3.98. The van der Waals surface area contributed by atoms with Gasteiger partial charge in [0.2, 0.25) is 0 Å². The van der Waals surface area contributed by atoms with Gasteiger partial charge >= 0.3 is 0 Å². The average Bonchev–Trinajstić information content (AvgIpc) is 2.42. The number of hydrogen-bond donors (Lipinski definition) is 1. The Bertz CT molecular complexity index is 462. The Morgan fingerprint density at radius 1 is 1.25 bits per heavy atom. The maximum absolute atomic E-state index is 8.83. The van der Waals surface area contributed by atoms with Gasteiger partial charge in [-0.1, -0.05) is 13.8 Å². The molecule has 1 heterocycles. The number of benzene rings is 1. The van der Waals surface area contributed by atoms with E-state index in [1.807, 2.05) is 24.3 Å². The van der Waals surface area contributed by atoms with Crippen molar-refractivity contribution in [1.82, 2.24) is 4.90 Å². The van der Waals surface area contributed by atoms with E-state index in [2.05, 4.69) is 37.1 Å². The lowest BCUT2D eigenvalue weighted by atomic mass is 9.89. The van der Waals surface area contributed by atoms with Gasteiger partial charge in [-0.05, 0) is 49.9 Å².